The fourth-order valence-electron chi connectivity index (χ4n) is 5.30. The molecular weight excluding hydrogens is 704 g/mol. The van der Waals surface area contributed by atoms with Gasteiger partial charge in [-0.25, -0.2) is 36.3 Å². The van der Waals surface area contributed by atoms with E-state index in [0.29, 0.717) is 23.3 Å². The number of anilines is 2. The topological polar surface area (TPSA) is 210 Å². The first-order valence-electron chi connectivity index (χ1n) is 15.5. The van der Waals surface area contributed by atoms with Gasteiger partial charge in [-0.2, -0.15) is 0 Å². The Labute approximate surface area is 293 Å². The van der Waals surface area contributed by atoms with E-state index in [1.807, 2.05) is 11.6 Å². The Kier molecular flexibility index (Phi) is 9.55. The Balaban J connectivity index is 1.15. The lowest BCUT2D eigenvalue weighted by molar-refractivity contribution is -0.139. The van der Waals surface area contributed by atoms with Crippen LogP contribution in [0.2, 0.25) is 0 Å². The van der Waals surface area contributed by atoms with E-state index in [1.54, 1.807) is 11.2 Å². The third kappa shape index (κ3) is 6.94. The van der Waals surface area contributed by atoms with Crippen LogP contribution in [0.5, 0.6) is 0 Å². The number of aliphatic carboxylic acids is 1. The van der Waals surface area contributed by atoms with Crippen molar-refractivity contribution >= 4 is 44.2 Å². The number of sulfonamides is 1. The van der Waals surface area contributed by atoms with Crippen LogP contribution in [-0.2, 0) is 28.3 Å². The molecule has 0 saturated heterocycles. The van der Waals surface area contributed by atoms with Gasteiger partial charge in [0.25, 0.3) is 21.5 Å². The fourth-order valence-corrected chi connectivity index (χ4v) is 6.36. The van der Waals surface area contributed by atoms with E-state index >= 15 is 8.78 Å². The number of carbonyl (C=O) groups is 2. The summed E-state index contributed by atoms with van der Waals surface area (Å²) in [6, 6.07) is 8.96. The molecular formula is C33H29F2N9O7S. The molecule has 5 aromatic rings. The minimum Gasteiger partial charge on any atom is -0.480 e. The number of carboxylic acid groups (broad SMARTS) is 1. The summed E-state index contributed by atoms with van der Waals surface area (Å²) in [6.45, 7) is 1.95. The molecule has 1 atom stereocenters. The fraction of sp³-hybridized carbons (Fsp3) is 0.152. The zero-order valence-electron chi connectivity index (χ0n) is 27.3. The monoisotopic (exact) mass is 733 g/mol. The average molecular weight is 734 g/mol. The number of allylic oxidation sites excluding steroid dienone is 1. The first-order valence-corrected chi connectivity index (χ1v) is 16.9. The smallest absolute Gasteiger partial charge is 0.337 e. The van der Waals surface area contributed by atoms with Crippen molar-refractivity contribution in [2.45, 2.75) is 30.7 Å². The first kappa shape index (κ1) is 35.4. The summed E-state index contributed by atoms with van der Waals surface area (Å²) in [4.78, 5) is 58.8. The van der Waals surface area contributed by atoms with Gasteiger partial charge < -0.3 is 15.8 Å². The number of rotatable bonds is 11. The number of carbonyl (C=O) groups excluding carboxylic acids is 1. The number of fused-ring (bicyclic) bond motifs is 1. The molecule has 19 heteroatoms. The van der Waals surface area contributed by atoms with Crippen LogP contribution in [0, 0.1) is 11.6 Å². The standard InChI is InChI=1S/C33H29F2N9O7S/c1-3-19-17-43(41-39-19)20-5-7-21(8-6-20)52(50,51)40-26-14-24(34)23(13-25(26)35)30(45)38-27(32(47)48)12-18-4-9-29(37-15-18)44-31(46)22-10-11-36-16-28(22)42(2)33(44)49/h4-11,13-17,27,39-41H,3,12H2,1-2H3,(H,38,45)(H,47,48)/t27-/m0/s1. The molecule has 4 heterocycles. The number of amides is 1. The second kappa shape index (κ2) is 14.0. The van der Waals surface area contributed by atoms with E-state index in [4.69, 9.17) is 0 Å². The molecule has 16 nitrogen and oxygen atoms in total. The molecule has 0 unspecified atom stereocenters. The number of hydrogen-bond acceptors (Lipinski definition) is 11. The Morgan fingerprint density at radius 1 is 1.02 bits per heavy atom. The summed E-state index contributed by atoms with van der Waals surface area (Å²) in [5, 5.41) is 13.8. The van der Waals surface area contributed by atoms with Crippen molar-refractivity contribution in [3.05, 3.63) is 129 Å². The van der Waals surface area contributed by atoms with Crippen LogP contribution in [-0.4, -0.2) is 50.5 Å². The van der Waals surface area contributed by atoms with Gasteiger partial charge in [0.15, 0.2) is 0 Å². The van der Waals surface area contributed by atoms with Crippen molar-refractivity contribution in [3.63, 3.8) is 0 Å². The van der Waals surface area contributed by atoms with Gasteiger partial charge in [0.1, 0.15) is 23.5 Å². The maximum Gasteiger partial charge on any atom is 0.337 e. The summed E-state index contributed by atoms with van der Waals surface area (Å²) < 4.78 is 60.2. The number of benzene rings is 2. The minimum atomic E-state index is -4.39. The second-order valence-corrected chi connectivity index (χ2v) is 13.2. The molecule has 0 saturated carbocycles. The molecule has 3 aromatic heterocycles. The third-order valence-electron chi connectivity index (χ3n) is 8.13. The van der Waals surface area contributed by atoms with Gasteiger partial charge in [0.2, 0.25) is 0 Å². The number of aromatic nitrogens is 4. The predicted molar refractivity (Wildman–Crippen MR) is 184 cm³/mol. The second-order valence-electron chi connectivity index (χ2n) is 11.5. The van der Waals surface area contributed by atoms with E-state index in [1.165, 1.54) is 72.7 Å². The minimum absolute atomic E-state index is 0.0471. The van der Waals surface area contributed by atoms with E-state index in [0.717, 1.165) is 16.7 Å². The molecule has 0 fully saturated rings. The highest BCUT2D eigenvalue weighted by Crippen LogP contribution is 2.25. The van der Waals surface area contributed by atoms with Crippen LogP contribution in [0.25, 0.3) is 16.7 Å². The van der Waals surface area contributed by atoms with Crippen molar-refractivity contribution in [2.75, 3.05) is 9.73 Å². The maximum absolute atomic E-state index is 15.1. The molecule has 52 heavy (non-hydrogen) atoms. The molecule has 6 rings (SSSR count). The lowest BCUT2D eigenvalue weighted by Crippen LogP contribution is -2.42. The van der Waals surface area contributed by atoms with Crippen molar-refractivity contribution in [1.82, 2.24) is 35.4 Å². The van der Waals surface area contributed by atoms with Gasteiger partial charge in [-0.3, -0.25) is 28.9 Å². The number of hydrazine groups is 2. The van der Waals surface area contributed by atoms with Crippen molar-refractivity contribution in [1.29, 1.82) is 0 Å². The molecule has 0 spiro atoms. The Bertz CT molecular complexity index is 2490. The van der Waals surface area contributed by atoms with Crippen LogP contribution >= 0.6 is 0 Å². The van der Waals surface area contributed by atoms with Gasteiger partial charge in [-0.15, -0.1) is 5.53 Å². The zero-order chi connectivity index (χ0) is 37.3. The molecule has 0 aliphatic carbocycles. The molecule has 1 aliphatic rings. The number of carboxylic acids is 1. The first-order chi connectivity index (χ1) is 24.8. The quantitative estimate of drug-likeness (QED) is 0.132. The van der Waals surface area contributed by atoms with E-state index < -0.39 is 62.1 Å². The van der Waals surface area contributed by atoms with Crippen LogP contribution in [0.1, 0.15) is 29.3 Å². The average Bonchev–Trinajstić information content (AvgIpc) is 3.62. The normalized spacial score (nSPS) is 13.4. The lowest BCUT2D eigenvalue weighted by Gasteiger charge is -2.17. The molecule has 5 N–H and O–H groups in total. The van der Waals surface area contributed by atoms with Gasteiger partial charge in [-0.1, -0.05) is 13.0 Å². The van der Waals surface area contributed by atoms with Gasteiger partial charge in [-0.05, 0) is 54.4 Å². The van der Waals surface area contributed by atoms with E-state index in [2.05, 4.69) is 26.2 Å². The maximum atomic E-state index is 15.1. The van der Waals surface area contributed by atoms with Gasteiger partial charge >= 0.3 is 11.7 Å². The summed E-state index contributed by atoms with van der Waals surface area (Å²) >= 11 is 0. The van der Waals surface area contributed by atoms with Gasteiger partial charge in [0.05, 0.1) is 38.9 Å². The highest BCUT2D eigenvalue weighted by atomic mass is 32.2. The van der Waals surface area contributed by atoms with Crippen LogP contribution in [0.15, 0.2) is 99.6 Å². The third-order valence-corrected chi connectivity index (χ3v) is 9.51. The highest BCUT2D eigenvalue weighted by Gasteiger charge is 2.26. The molecule has 268 valence electrons. The summed E-state index contributed by atoms with van der Waals surface area (Å²) in [5.41, 5.74) is 4.91. The van der Waals surface area contributed by atoms with E-state index in [-0.39, 0.29) is 28.1 Å². The molecule has 1 aliphatic heterocycles. The Morgan fingerprint density at radius 3 is 2.42 bits per heavy atom. The number of aryl methyl sites for hydroxylation is 1. The van der Waals surface area contributed by atoms with Crippen molar-refractivity contribution in [2.24, 2.45) is 7.05 Å². The summed E-state index contributed by atoms with van der Waals surface area (Å²) in [7, 11) is -2.93. The van der Waals surface area contributed by atoms with Crippen molar-refractivity contribution < 1.29 is 31.9 Å². The number of pyridine rings is 2. The van der Waals surface area contributed by atoms with Crippen molar-refractivity contribution in [3.8, 4) is 5.82 Å². The number of nitrogens with one attached hydrogen (secondary N) is 4. The van der Waals surface area contributed by atoms with Crippen LogP contribution in [0.4, 0.5) is 20.2 Å². The number of halogens is 2. The molecule has 2 aromatic carbocycles. The Hall–Kier alpha value is -6.47. The number of hydrogen-bond donors (Lipinski definition) is 5. The summed E-state index contributed by atoms with van der Waals surface area (Å²) in [6.07, 6.45) is 6.13. The molecule has 0 radical (unpaired) electrons. The molecule has 1 amide bonds. The zero-order valence-corrected chi connectivity index (χ0v) is 28.1. The Morgan fingerprint density at radius 2 is 1.77 bits per heavy atom. The highest BCUT2D eigenvalue weighted by molar-refractivity contribution is 7.92. The van der Waals surface area contributed by atoms with Crippen LogP contribution in [0.3, 0.4) is 0 Å². The predicted octanol–water partition coefficient (Wildman–Crippen LogP) is 2.06. The lowest BCUT2D eigenvalue weighted by atomic mass is 10.1. The SMILES string of the molecule is CCC1=CN(c2ccc(S(=O)(=O)Nc3cc(F)c(C(=O)N[C@@H](Cc4ccc(-n5c(=O)c6ccncc6n(C)c5=O)nc4)C(=O)O)cc3F)cc2)NN1. The summed E-state index contributed by atoms with van der Waals surface area (Å²) in [5.74, 6) is -5.47. The number of nitrogens with zero attached hydrogens (tertiary/aromatic N) is 5. The molecule has 0 bridgehead atoms. The van der Waals surface area contributed by atoms with Crippen LogP contribution < -0.4 is 37.3 Å². The van der Waals surface area contributed by atoms with Gasteiger partial charge in [0, 0.05) is 43.8 Å². The van der Waals surface area contributed by atoms with E-state index in [9.17, 15) is 32.7 Å². The largest absolute Gasteiger partial charge is 0.480 e.